The lowest BCUT2D eigenvalue weighted by molar-refractivity contribution is 0.340. The van der Waals surface area contributed by atoms with Crippen molar-refractivity contribution in [3.8, 4) is 45.6 Å². The van der Waals surface area contributed by atoms with Crippen LogP contribution in [-0.4, -0.2) is 36.6 Å². The van der Waals surface area contributed by atoms with E-state index < -0.39 is 11.2 Å². The smallest absolute Gasteiger partial charge is 0.204 e. The van der Waals surface area contributed by atoms with Gasteiger partial charge in [-0.3, -0.25) is 4.79 Å². The molecule has 0 saturated heterocycles. The minimum absolute atomic E-state index is 0.00717. The molecule has 0 unspecified atom stereocenters. The molecule has 0 fully saturated rings. The Kier molecular flexibility index (Phi) is 4.25. The van der Waals surface area contributed by atoms with Crippen molar-refractivity contribution >= 4 is 11.0 Å². The van der Waals surface area contributed by atoms with Crippen LogP contribution in [0.4, 0.5) is 0 Å². The fourth-order valence-electron chi connectivity index (χ4n) is 2.69. The van der Waals surface area contributed by atoms with Crippen LogP contribution in [0.5, 0.6) is 34.5 Å². The molecule has 0 atom stereocenters. The number of ether oxygens (including phenoxy) is 3. The maximum Gasteiger partial charge on any atom is 0.204 e. The molecular formula is C18H16O8. The average Bonchev–Trinajstić information content (AvgIpc) is 2.62. The van der Waals surface area contributed by atoms with E-state index in [9.17, 15) is 20.1 Å². The molecule has 3 aromatic rings. The molecule has 0 aliphatic carbocycles. The maximum absolute atomic E-state index is 12.9. The van der Waals surface area contributed by atoms with Crippen LogP contribution in [0, 0.1) is 0 Å². The molecule has 3 rings (SSSR count). The number of benzene rings is 2. The Bertz CT molecular complexity index is 1030. The van der Waals surface area contributed by atoms with Crippen LogP contribution in [0.2, 0.25) is 0 Å². The van der Waals surface area contributed by atoms with Crippen molar-refractivity contribution in [2.75, 3.05) is 21.3 Å². The largest absolute Gasteiger partial charge is 0.504 e. The number of aromatic hydroxyl groups is 3. The van der Waals surface area contributed by atoms with Crippen molar-refractivity contribution in [3.63, 3.8) is 0 Å². The zero-order chi connectivity index (χ0) is 19.0. The highest BCUT2D eigenvalue weighted by Crippen LogP contribution is 2.43. The van der Waals surface area contributed by atoms with Gasteiger partial charge in [-0.25, -0.2) is 0 Å². The summed E-state index contributed by atoms with van der Waals surface area (Å²) in [5, 5.41) is 30.0. The average molecular weight is 360 g/mol. The molecule has 0 aliphatic heterocycles. The highest BCUT2D eigenvalue weighted by molar-refractivity contribution is 5.91. The van der Waals surface area contributed by atoms with Gasteiger partial charge < -0.3 is 33.9 Å². The van der Waals surface area contributed by atoms with E-state index in [0.29, 0.717) is 5.56 Å². The molecule has 1 aromatic heterocycles. The topological polar surface area (TPSA) is 119 Å². The number of hydrogen-bond acceptors (Lipinski definition) is 8. The van der Waals surface area contributed by atoms with Crippen LogP contribution in [0.25, 0.3) is 22.1 Å². The van der Waals surface area contributed by atoms with Gasteiger partial charge in [0.15, 0.2) is 23.0 Å². The van der Waals surface area contributed by atoms with Gasteiger partial charge in [-0.1, -0.05) is 0 Å². The number of hydrogen-bond donors (Lipinski definition) is 3. The van der Waals surface area contributed by atoms with Gasteiger partial charge in [0.2, 0.25) is 16.9 Å². The first-order valence-corrected chi connectivity index (χ1v) is 7.42. The van der Waals surface area contributed by atoms with Crippen LogP contribution < -0.4 is 19.6 Å². The van der Waals surface area contributed by atoms with E-state index in [2.05, 4.69) is 0 Å². The zero-order valence-electron chi connectivity index (χ0n) is 14.2. The lowest BCUT2D eigenvalue weighted by atomic mass is 10.0. The summed E-state index contributed by atoms with van der Waals surface area (Å²) in [5.74, 6) is -1.13. The Hall–Kier alpha value is -3.55. The number of rotatable bonds is 4. The van der Waals surface area contributed by atoms with E-state index in [-0.39, 0.29) is 45.3 Å². The summed E-state index contributed by atoms with van der Waals surface area (Å²) in [6, 6.07) is 4.05. The van der Waals surface area contributed by atoms with Crippen LogP contribution in [0.1, 0.15) is 0 Å². The molecule has 26 heavy (non-hydrogen) atoms. The second kappa shape index (κ2) is 6.40. The summed E-state index contributed by atoms with van der Waals surface area (Å²) in [6.07, 6.45) is 1.18. The van der Waals surface area contributed by atoms with Gasteiger partial charge in [-0.2, -0.15) is 0 Å². The molecule has 8 nitrogen and oxygen atoms in total. The summed E-state index contributed by atoms with van der Waals surface area (Å²) in [5.41, 5.74) is -0.125. The van der Waals surface area contributed by atoms with Crippen LogP contribution >= 0.6 is 0 Å². The highest BCUT2D eigenvalue weighted by Gasteiger charge is 2.21. The molecule has 0 amide bonds. The van der Waals surface area contributed by atoms with E-state index in [1.165, 1.54) is 45.8 Å². The van der Waals surface area contributed by atoms with E-state index in [4.69, 9.17) is 18.6 Å². The number of phenols is 3. The standard InChI is InChI=1S/C18H16O8/c1-23-12-4-8(5-13(24-2)16(12)21)9-7-26-11-6-10(19)18(25-3)17(22)14(11)15(9)20/h4-7,19,21-22H,1-3H3. The van der Waals surface area contributed by atoms with Gasteiger partial charge in [-0.15, -0.1) is 0 Å². The minimum Gasteiger partial charge on any atom is -0.504 e. The molecule has 3 N–H and O–H groups in total. The summed E-state index contributed by atoms with van der Waals surface area (Å²) < 4.78 is 20.5. The second-order valence-corrected chi connectivity index (χ2v) is 5.36. The van der Waals surface area contributed by atoms with Crippen molar-refractivity contribution in [2.24, 2.45) is 0 Å². The Morgan fingerprint density at radius 1 is 0.885 bits per heavy atom. The first-order valence-electron chi connectivity index (χ1n) is 7.42. The molecule has 8 heteroatoms. The number of phenolic OH excluding ortho intramolecular Hbond substituents is 3. The van der Waals surface area contributed by atoms with Crippen LogP contribution in [-0.2, 0) is 0 Å². The SMILES string of the molecule is COc1cc(-c2coc3cc(O)c(OC)c(O)c3c2=O)cc(OC)c1O. The molecule has 2 aromatic carbocycles. The minimum atomic E-state index is -0.558. The van der Waals surface area contributed by atoms with Gasteiger partial charge in [0.25, 0.3) is 0 Å². The van der Waals surface area contributed by atoms with Gasteiger partial charge in [0, 0.05) is 6.07 Å². The first-order chi connectivity index (χ1) is 12.4. The molecule has 1 heterocycles. The molecule has 0 radical (unpaired) electrons. The molecule has 0 saturated carbocycles. The summed E-state index contributed by atoms with van der Waals surface area (Å²) in [6.45, 7) is 0. The predicted octanol–water partition coefficient (Wildman–Crippen LogP) is 2.60. The Balaban J connectivity index is 2.34. The molecular weight excluding hydrogens is 344 g/mol. The number of methoxy groups -OCH3 is 3. The van der Waals surface area contributed by atoms with Gasteiger partial charge in [0.05, 0.1) is 26.9 Å². The third-order valence-electron chi connectivity index (χ3n) is 3.97. The summed E-state index contributed by atoms with van der Waals surface area (Å²) in [7, 11) is 3.98. The van der Waals surface area contributed by atoms with Crippen LogP contribution in [0.3, 0.4) is 0 Å². The third-order valence-corrected chi connectivity index (χ3v) is 3.97. The Morgan fingerprint density at radius 3 is 2.04 bits per heavy atom. The normalized spacial score (nSPS) is 10.7. The predicted molar refractivity (Wildman–Crippen MR) is 92.6 cm³/mol. The van der Waals surface area contributed by atoms with Crippen molar-refractivity contribution in [1.29, 1.82) is 0 Å². The number of fused-ring (bicyclic) bond motifs is 1. The van der Waals surface area contributed by atoms with Gasteiger partial charge >= 0.3 is 0 Å². The lowest BCUT2D eigenvalue weighted by Crippen LogP contribution is -2.06. The Morgan fingerprint density at radius 2 is 1.50 bits per heavy atom. The lowest BCUT2D eigenvalue weighted by Gasteiger charge is -2.12. The van der Waals surface area contributed by atoms with Crippen molar-refractivity contribution in [2.45, 2.75) is 0 Å². The second-order valence-electron chi connectivity index (χ2n) is 5.36. The quantitative estimate of drug-likeness (QED) is 0.650. The monoisotopic (exact) mass is 360 g/mol. The van der Waals surface area contributed by atoms with E-state index in [0.717, 1.165) is 0 Å². The summed E-state index contributed by atoms with van der Waals surface area (Å²) in [4.78, 5) is 12.9. The fourth-order valence-corrected chi connectivity index (χ4v) is 2.69. The van der Waals surface area contributed by atoms with E-state index >= 15 is 0 Å². The van der Waals surface area contributed by atoms with Gasteiger partial charge in [0.1, 0.15) is 17.2 Å². The van der Waals surface area contributed by atoms with E-state index in [1.54, 1.807) is 0 Å². The Labute approximate surface area is 147 Å². The fraction of sp³-hybridized carbons (Fsp3) is 0.167. The highest BCUT2D eigenvalue weighted by atomic mass is 16.5. The molecule has 0 aliphatic rings. The van der Waals surface area contributed by atoms with Crippen molar-refractivity contribution < 1.29 is 33.9 Å². The van der Waals surface area contributed by atoms with E-state index in [1.807, 2.05) is 0 Å². The van der Waals surface area contributed by atoms with Gasteiger partial charge in [-0.05, 0) is 17.7 Å². The molecule has 136 valence electrons. The molecule has 0 spiro atoms. The van der Waals surface area contributed by atoms with Crippen molar-refractivity contribution in [3.05, 3.63) is 34.7 Å². The maximum atomic E-state index is 12.9. The first kappa shape index (κ1) is 17.3. The zero-order valence-corrected chi connectivity index (χ0v) is 14.2. The summed E-state index contributed by atoms with van der Waals surface area (Å²) >= 11 is 0. The third kappa shape index (κ3) is 2.52. The molecule has 0 bridgehead atoms. The van der Waals surface area contributed by atoms with Crippen LogP contribution in [0.15, 0.2) is 33.7 Å². The van der Waals surface area contributed by atoms with Crippen molar-refractivity contribution in [1.82, 2.24) is 0 Å².